The zero-order chi connectivity index (χ0) is 12.0. The number of carbonyl (C=O) groups is 1. The number of aromatic nitrogens is 2. The molecule has 0 fully saturated rings. The van der Waals surface area contributed by atoms with Gasteiger partial charge in [0.05, 0.1) is 6.42 Å². The fraction of sp³-hybridized carbons (Fsp3) is 0.692. The Morgan fingerprint density at radius 1 is 1.50 bits per heavy atom. The van der Waals surface area contributed by atoms with Crippen LogP contribution < -0.4 is 0 Å². The van der Waals surface area contributed by atoms with Gasteiger partial charge in [0, 0.05) is 25.4 Å². The largest absolute Gasteiger partial charge is 0.338 e. The van der Waals surface area contributed by atoms with Crippen molar-refractivity contribution < 1.29 is 4.79 Å². The van der Waals surface area contributed by atoms with Gasteiger partial charge >= 0.3 is 0 Å². The molecule has 1 rings (SSSR count). The van der Waals surface area contributed by atoms with Crippen LogP contribution in [0.3, 0.4) is 0 Å². The number of nitrogens with zero attached hydrogens (tertiary/aromatic N) is 2. The predicted octanol–water partition coefficient (Wildman–Crippen LogP) is 2.75. The summed E-state index contributed by atoms with van der Waals surface area (Å²) in [7, 11) is 1.93. The molecule has 0 saturated carbocycles. The van der Waals surface area contributed by atoms with Gasteiger partial charge in [0.2, 0.25) is 0 Å². The molecule has 0 amide bonds. The van der Waals surface area contributed by atoms with E-state index in [0.717, 1.165) is 31.5 Å². The molecule has 0 radical (unpaired) electrons. The molecule has 0 N–H and O–H groups in total. The molecule has 0 spiro atoms. The minimum Gasteiger partial charge on any atom is -0.338 e. The molecule has 1 unspecified atom stereocenters. The van der Waals surface area contributed by atoms with Gasteiger partial charge in [-0.25, -0.2) is 4.98 Å². The average molecular weight is 222 g/mol. The summed E-state index contributed by atoms with van der Waals surface area (Å²) >= 11 is 0. The van der Waals surface area contributed by atoms with Crippen LogP contribution >= 0.6 is 0 Å². The monoisotopic (exact) mass is 222 g/mol. The van der Waals surface area contributed by atoms with Crippen LogP contribution in [0, 0.1) is 5.92 Å². The Hall–Kier alpha value is -1.12. The van der Waals surface area contributed by atoms with Crippen molar-refractivity contribution in [2.75, 3.05) is 0 Å². The van der Waals surface area contributed by atoms with Gasteiger partial charge in [-0.3, -0.25) is 4.79 Å². The highest BCUT2D eigenvalue weighted by molar-refractivity contribution is 5.82. The Kier molecular flexibility index (Phi) is 5.23. The molecule has 90 valence electrons. The first-order valence-electron chi connectivity index (χ1n) is 6.17. The third-order valence-electron chi connectivity index (χ3n) is 3.11. The van der Waals surface area contributed by atoms with Gasteiger partial charge in [0.1, 0.15) is 11.6 Å². The molecule has 1 aromatic rings. The Morgan fingerprint density at radius 2 is 2.25 bits per heavy atom. The van der Waals surface area contributed by atoms with E-state index in [1.54, 1.807) is 6.20 Å². The van der Waals surface area contributed by atoms with E-state index in [1.165, 1.54) is 0 Å². The van der Waals surface area contributed by atoms with E-state index >= 15 is 0 Å². The Labute approximate surface area is 97.9 Å². The molecule has 1 heterocycles. The number of rotatable bonds is 7. The van der Waals surface area contributed by atoms with Crippen molar-refractivity contribution in [1.82, 2.24) is 9.55 Å². The van der Waals surface area contributed by atoms with E-state index < -0.39 is 0 Å². The van der Waals surface area contributed by atoms with Crippen molar-refractivity contribution in [3.05, 3.63) is 18.2 Å². The number of unbranched alkanes of at least 4 members (excludes halogenated alkanes) is 1. The van der Waals surface area contributed by atoms with E-state index in [0.29, 0.717) is 12.2 Å². The summed E-state index contributed by atoms with van der Waals surface area (Å²) in [5.41, 5.74) is 0. The highest BCUT2D eigenvalue weighted by Gasteiger charge is 2.17. The minimum atomic E-state index is 0.219. The second-order valence-electron chi connectivity index (χ2n) is 4.34. The van der Waals surface area contributed by atoms with E-state index in [-0.39, 0.29) is 5.92 Å². The molecular weight excluding hydrogens is 200 g/mol. The average Bonchev–Trinajstić information content (AvgIpc) is 2.65. The zero-order valence-electron chi connectivity index (χ0n) is 10.6. The van der Waals surface area contributed by atoms with Crippen molar-refractivity contribution in [3.8, 4) is 0 Å². The van der Waals surface area contributed by atoms with Crippen LogP contribution in [-0.4, -0.2) is 15.3 Å². The number of carbonyl (C=O) groups excluding carboxylic acids is 1. The molecule has 3 nitrogen and oxygen atoms in total. The summed E-state index contributed by atoms with van der Waals surface area (Å²) in [6.45, 7) is 4.26. The molecule has 0 saturated heterocycles. The number of ketones is 1. The van der Waals surface area contributed by atoms with E-state index in [9.17, 15) is 4.79 Å². The normalized spacial score (nSPS) is 12.7. The van der Waals surface area contributed by atoms with Gasteiger partial charge in [-0.1, -0.05) is 26.7 Å². The summed E-state index contributed by atoms with van der Waals surface area (Å²) in [5, 5.41) is 0. The van der Waals surface area contributed by atoms with Crippen molar-refractivity contribution in [2.24, 2.45) is 13.0 Å². The molecule has 0 aliphatic carbocycles. The third-order valence-corrected chi connectivity index (χ3v) is 3.11. The molecule has 1 atom stereocenters. The Morgan fingerprint density at radius 3 is 2.75 bits per heavy atom. The van der Waals surface area contributed by atoms with Crippen LogP contribution in [0.25, 0.3) is 0 Å². The van der Waals surface area contributed by atoms with E-state index in [1.807, 2.05) is 17.8 Å². The van der Waals surface area contributed by atoms with Crippen LogP contribution in [-0.2, 0) is 18.3 Å². The van der Waals surface area contributed by atoms with Crippen LogP contribution in [0.5, 0.6) is 0 Å². The Balaban J connectivity index is 2.52. The summed E-state index contributed by atoms with van der Waals surface area (Å²) in [4.78, 5) is 16.2. The minimum absolute atomic E-state index is 0.219. The van der Waals surface area contributed by atoms with E-state index in [4.69, 9.17) is 0 Å². The first kappa shape index (κ1) is 12.9. The SMILES string of the molecule is CCCCC(CC)C(=O)Cc1nccn1C. The fourth-order valence-corrected chi connectivity index (χ4v) is 1.91. The maximum Gasteiger partial charge on any atom is 0.143 e. The van der Waals surface area contributed by atoms with Crippen molar-refractivity contribution >= 4 is 5.78 Å². The topological polar surface area (TPSA) is 34.9 Å². The van der Waals surface area contributed by atoms with Crippen LogP contribution in [0.4, 0.5) is 0 Å². The second kappa shape index (κ2) is 6.46. The molecule has 1 aromatic heterocycles. The Bertz CT molecular complexity index is 330. The van der Waals surface area contributed by atoms with Gasteiger partial charge in [-0.15, -0.1) is 0 Å². The summed E-state index contributed by atoms with van der Waals surface area (Å²) in [5.74, 6) is 1.43. The van der Waals surface area contributed by atoms with Gasteiger partial charge in [0.25, 0.3) is 0 Å². The number of hydrogen-bond acceptors (Lipinski definition) is 2. The summed E-state index contributed by atoms with van der Waals surface area (Å²) < 4.78 is 1.92. The highest BCUT2D eigenvalue weighted by Crippen LogP contribution is 2.15. The van der Waals surface area contributed by atoms with Crippen LogP contribution in [0.2, 0.25) is 0 Å². The van der Waals surface area contributed by atoms with Gasteiger partial charge < -0.3 is 4.57 Å². The lowest BCUT2D eigenvalue weighted by atomic mass is 9.93. The summed E-state index contributed by atoms with van der Waals surface area (Å²) in [6, 6.07) is 0. The van der Waals surface area contributed by atoms with Crippen molar-refractivity contribution in [2.45, 2.75) is 46.0 Å². The maximum atomic E-state index is 12.0. The van der Waals surface area contributed by atoms with E-state index in [2.05, 4.69) is 18.8 Å². The first-order chi connectivity index (χ1) is 7.69. The molecule has 16 heavy (non-hydrogen) atoms. The second-order valence-corrected chi connectivity index (χ2v) is 4.34. The number of hydrogen-bond donors (Lipinski definition) is 0. The maximum absolute atomic E-state index is 12.0. The lowest BCUT2D eigenvalue weighted by molar-refractivity contribution is -0.122. The molecule has 0 aliphatic heterocycles. The third kappa shape index (κ3) is 3.47. The molecule has 0 aromatic carbocycles. The molecular formula is C13H22N2O. The molecule has 0 aliphatic rings. The van der Waals surface area contributed by atoms with Gasteiger partial charge in [-0.05, 0) is 12.8 Å². The van der Waals surface area contributed by atoms with Crippen LogP contribution in [0.15, 0.2) is 12.4 Å². The van der Waals surface area contributed by atoms with Gasteiger partial charge in [-0.2, -0.15) is 0 Å². The quantitative estimate of drug-likeness (QED) is 0.711. The predicted molar refractivity (Wildman–Crippen MR) is 65.2 cm³/mol. The fourth-order valence-electron chi connectivity index (χ4n) is 1.91. The molecule has 0 bridgehead atoms. The van der Waals surface area contributed by atoms with Crippen LogP contribution in [0.1, 0.15) is 45.4 Å². The van der Waals surface area contributed by atoms with Crippen molar-refractivity contribution in [1.29, 1.82) is 0 Å². The number of imidazole rings is 1. The number of Topliss-reactive ketones (excluding diaryl/α,β-unsaturated/α-hetero) is 1. The lowest BCUT2D eigenvalue weighted by Crippen LogP contribution is -2.18. The lowest BCUT2D eigenvalue weighted by Gasteiger charge is -2.12. The first-order valence-corrected chi connectivity index (χ1v) is 6.17. The highest BCUT2D eigenvalue weighted by atomic mass is 16.1. The zero-order valence-corrected chi connectivity index (χ0v) is 10.6. The van der Waals surface area contributed by atoms with Crippen molar-refractivity contribution in [3.63, 3.8) is 0 Å². The number of aryl methyl sites for hydroxylation is 1. The van der Waals surface area contributed by atoms with Gasteiger partial charge in [0.15, 0.2) is 0 Å². The smallest absolute Gasteiger partial charge is 0.143 e. The standard InChI is InChI=1S/C13H22N2O/c1-4-6-7-11(5-2)12(16)10-13-14-8-9-15(13)3/h8-9,11H,4-7,10H2,1-3H3. The summed E-state index contributed by atoms with van der Waals surface area (Å²) in [6.07, 6.45) is 8.38. The molecule has 3 heteroatoms.